The van der Waals surface area contributed by atoms with Crippen LogP contribution >= 0.6 is 11.6 Å². The smallest absolute Gasteiger partial charge is 0.376 e. The Kier molecular flexibility index (Phi) is 6.00. The predicted molar refractivity (Wildman–Crippen MR) is 94.9 cm³/mol. The lowest BCUT2D eigenvalue weighted by molar-refractivity contribution is -0.139. The van der Waals surface area contributed by atoms with Gasteiger partial charge in [0.25, 0.3) is 0 Å². The highest BCUT2D eigenvalue weighted by molar-refractivity contribution is 7.89. The lowest BCUT2D eigenvalue weighted by Gasteiger charge is -2.25. The van der Waals surface area contributed by atoms with Crippen LogP contribution in [0.1, 0.15) is 30.0 Å². The Labute approximate surface area is 164 Å². The Morgan fingerprint density at radius 3 is 2.39 bits per heavy atom. The molecule has 3 rings (SSSR count). The molecule has 0 radical (unpaired) electrons. The zero-order valence-electron chi connectivity index (χ0n) is 14.3. The first-order chi connectivity index (χ1) is 13.1. The fourth-order valence-corrected chi connectivity index (χ4v) is 4.72. The first-order valence-electron chi connectivity index (χ1n) is 8.34. The maximum Gasteiger partial charge on any atom is 0.417 e. The molecule has 2 aromatic carbocycles. The summed E-state index contributed by atoms with van der Waals surface area (Å²) in [5, 5.41) is -0.236. The maximum atomic E-state index is 13.3. The number of ether oxygens (including phenoxy) is 1. The molecular weight excluding hydrogens is 422 g/mol. The Morgan fingerprint density at radius 1 is 1.14 bits per heavy atom. The minimum atomic E-state index is -4.91. The molecule has 0 aliphatic carbocycles. The number of alkyl halides is 3. The maximum absolute atomic E-state index is 13.3. The predicted octanol–water partition coefficient (Wildman–Crippen LogP) is 4.70. The van der Waals surface area contributed by atoms with Gasteiger partial charge >= 0.3 is 6.18 Å². The summed E-state index contributed by atoms with van der Waals surface area (Å²) in [6.45, 7) is 0.402. The molecule has 0 aromatic heterocycles. The third-order valence-electron chi connectivity index (χ3n) is 4.38. The molecule has 1 heterocycles. The van der Waals surface area contributed by atoms with Crippen LogP contribution in [-0.4, -0.2) is 21.1 Å². The van der Waals surface area contributed by atoms with E-state index in [-0.39, 0.29) is 5.02 Å². The number of halogens is 5. The third-order valence-corrected chi connectivity index (χ3v) is 6.12. The quantitative estimate of drug-likeness (QED) is 0.690. The molecule has 28 heavy (non-hydrogen) atoms. The van der Waals surface area contributed by atoms with Crippen LogP contribution in [0, 0.1) is 5.82 Å². The molecule has 0 saturated carbocycles. The largest absolute Gasteiger partial charge is 0.417 e. The van der Waals surface area contributed by atoms with Crippen molar-refractivity contribution in [3.05, 3.63) is 64.4 Å². The van der Waals surface area contributed by atoms with Gasteiger partial charge in [0.2, 0.25) is 10.0 Å². The van der Waals surface area contributed by atoms with Gasteiger partial charge in [-0.2, -0.15) is 13.2 Å². The first kappa shape index (κ1) is 21.0. The minimum absolute atomic E-state index is 0.236. The molecule has 1 aliphatic heterocycles. The Bertz CT molecular complexity index is 942. The standard InChI is InChI=1S/C18H16ClF4NO3S/c19-12-5-8-16(14(10-12)18(21,22)23)28(25,26)24-17(15-2-1-9-27-15)11-3-6-13(20)7-4-11/h3-8,10,15,17,24H,1-2,9H2/t15-,17-/m1/s1. The average molecular weight is 438 g/mol. The molecule has 0 amide bonds. The van der Waals surface area contributed by atoms with Crippen molar-refractivity contribution in [3.63, 3.8) is 0 Å². The first-order valence-corrected chi connectivity index (χ1v) is 10.2. The summed E-state index contributed by atoms with van der Waals surface area (Å²) < 4.78 is 86.8. The van der Waals surface area contributed by atoms with E-state index in [4.69, 9.17) is 16.3 Å². The van der Waals surface area contributed by atoms with Crippen LogP contribution in [0.2, 0.25) is 5.02 Å². The monoisotopic (exact) mass is 437 g/mol. The van der Waals surface area contributed by atoms with E-state index in [0.29, 0.717) is 31.1 Å². The van der Waals surface area contributed by atoms with Gasteiger partial charge in [-0.05, 0) is 48.7 Å². The van der Waals surface area contributed by atoms with E-state index in [1.54, 1.807) is 0 Å². The number of hydrogen-bond acceptors (Lipinski definition) is 3. The lowest BCUT2D eigenvalue weighted by Crippen LogP contribution is -2.37. The van der Waals surface area contributed by atoms with Crippen molar-refractivity contribution in [3.8, 4) is 0 Å². The van der Waals surface area contributed by atoms with E-state index < -0.39 is 44.6 Å². The van der Waals surface area contributed by atoms with E-state index in [9.17, 15) is 26.0 Å². The number of sulfonamides is 1. The normalized spacial score (nSPS) is 19.0. The molecule has 152 valence electrons. The fraction of sp³-hybridized carbons (Fsp3) is 0.333. The Morgan fingerprint density at radius 2 is 1.82 bits per heavy atom. The van der Waals surface area contributed by atoms with E-state index in [2.05, 4.69) is 4.72 Å². The van der Waals surface area contributed by atoms with Crippen LogP contribution < -0.4 is 4.72 Å². The molecule has 2 aromatic rings. The molecule has 1 aliphatic rings. The molecule has 2 atom stereocenters. The highest BCUT2D eigenvalue weighted by Crippen LogP contribution is 2.37. The van der Waals surface area contributed by atoms with Crippen LogP contribution in [-0.2, 0) is 20.9 Å². The van der Waals surface area contributed by atoms with Gasteiger partial charge in [-0.15, -0.1) is 0 Å². The van der Waals surface area contributed by atoms with Crippen molar-refractivity contribution >= 4 is 21.6 Å². The van der Waals surface area contributed by atoms with Crippen molar-refractivity contribution in [2.24, 2.45) is 0 Å². The highest BCUT2D eigenvalue weighted by atomic mass is 35.5. The van der Waals surface area contributed by atoms with Crippen molar-refractivity contribution in [1.82, 2.24) is 4.72 Å². The SMILES string of the molecule is O=S(=O)(N[C@H](c1ccc(F)cc1)[C@H]1CCCO1)c1ccc(Cl)cc1C(F)(F)F. The Balaban J connectivity index is 2.02. The molecule has 0 unspecified atom stereocenters. The summed E-state index contributed by atoms with van der Waals surface area (Å²) in [6, 6.07) is 6.52. The zero-order chi connectivity index (χ0) is 20.5. The summed E-state index contributed by atoms with van der Waals surface area (Å²) in [6.07, 6.45) is -4.30. The van der Waals surface area contributed by atoms with Gasteiger partial charge in [0.05, 0.1) is 22.6 Å². The second kappa shape index (κ2) is 7.98. The van der Waals surface area contributed by atoms with Crippen molar-refractivity contribution in [2.45, 2.75) is 36.1 Å². The number of hydrogen-bond donors (Lipinski definition) is 1. The topological polar surface area (TPSA) is 55.4 Å². The van der Waals surface area contributed by atoms with Gasteiger partial charge in [-0.3, -0.25) is 0 Å². The zero-order valence-corrected chi connectivity index (χ0v) is 15.9. The van der Waals surface area contributed by atoms with Gasteiger partial charge in [0, 0.05) is 11.6 Å². The Hall–Kier alpha value is -1.68. The number of nitrogens with one attached hydrogen (secondary N) is 1. The van der Waals surface area contributed by atoms with Crippen molar-refractivity contribution < 1.29 is 30.7 Å². The fourth-order valence-electron chi connectivity index (χ4n) is 3.08. The van der Waals surface area contributed by atoms with Gasteiger partial charge in [0.1, 0.15) is 5.82 Å². The van der Waals surface area contributed by atoms with Crippen molar-refractivity contribution in [2.75, 3.05) is 6.61 Å². The summed E-state index contributed by atoms with van der Waals surface area (Å²) in [5.74, 6) is -0.519. The summed E-state index contributed by atoms with van der Waals surface area (Å²) >= 11 is 5.62. The summed E-state index contributed by atoms with van der Waals surface area (Å²) in [7, 11) is -4.59. The van der Waals surface area contributed by atoms with E-state index >= 15 is 0 Å². The van der Waals surface area contributed by atoms with Gasteiger partial charge in [0.15, 0.2) is 0 Å². The van der Waals surface area contributed by atoms with Crippen LogP contribution in [0.3, 0.4) is 0 Å². The highest BCUT2D eigenvalue weighted by Gasteiger charge is 2.39. The van der Waals surface area contributed by atoms with Crippen LogP contribution in [0.25, 0.3) is 0 Å². The second-order valence-electron chi connectivity index (χ2n) is 6.34. The second-order valence-corrected chi connectivity index (χ2v) is 8.46. The lowest BCUT2D eigenvalue weighted by atomic mass is 10.0. The molecule has 0 spiro atoms. The van der Waals surface area contributed by atoms with Crippen LogP contribution in [0.15, 0.2) is 47.4 Å². The molecule has 0 bridgehead atoms. The molecule has 1 N–H and O–H groups in total. The molecule has 10 heteroatoms. The van der Waals surface area contributed by atoms with E-state index in [1.165, 1.54) is 12.1 Å². The van der Waals surface area contributed by atoms with Crippen molar-refractivity contribution in [1.29, 1.82) is 0 Å². The van der Waals surface area contributed by atoms with Crippen LogP contribution in [0.4, 0.5) is 17.6 Å². The van der Waals surface area contributed by atoms with Gasteiger partial charge in [-0.1, -0.05) is 23.7 Å². The third kappa shape index (κ3) is 4.65. The summed E-state index contributed by atoms with van der Waals surface area (Å²) in [4.78, 5) is -0.936. The summed E-state index contributed by atoms with van der Waals surface area (Å²) in [5.41, 5.74) is -0.975. The molecular formula is C18H16ClF4NO3S. The van der Waals surface area contributed by atoms with E-state index in [0.717, 1.165) is 24.3 Å². The molecule has 4 nitrogen and oxygen atoms in total. The average Bonchev–Trinajstić information content (AvgIpc) is 3.14. The number of rotatable bonds is 5. The van der Waals surface area contributed by atoms with Gasteiger partial charge < -0.3 is 4.74 Å². The number of benzene rings is 2. The molecule has 1 fully saturated rings. The van der Waals surface area contributed by atoms with E-state index in [1.807, 2.05) is 0 Å². The van der Waals surface area contributed by atoms with Crippen LogP contribution in [0.5, 0.6) is 0 Å². The minimum Gasteiger partial charge on any atom is -0.376 e. The molecule has 1 saturated heterocycles. The van der Waals surface area contributed by atoms with Gasteiger partial charge in [-0.25, -0.2) is 17.5 Å².